The SMILES string of the molecule is O=C(OCc1ccccc1)N1C(=O)C(Br)C2CC21. The highest BCUT2D eigenvalue weighted by Crippen LogP contribution is 2.48. The van der Waals surface area contributed by atoms with Gasteiger partial charge in [-0.25, -0.2) is 9.69 Å². The van der Waals surface area contributed by atoms with Crippen molar-refractivity contribution in [2.24, 2.45) is 5.92 Å². The summed E-state index contributed by atoms with van der Waals surface area (Å²) < 4.78 is 5.17. The van der Waals surface area contributed by atoms with E-state index in [1.807, 2.05) is 30.3 Å². The van der Waals surface area contributed by atoms with Crippen LogP contribution in [0, 0.1) is 5.92 Å². The molecular weight excluding hydrogens is 298 g/mol. The van der Waals surface area contributed by atoms with E-state index in [1.165, 1.54) is 4.90 Å². The number of carbonyl (C=O) groups is 2. The number of amides is 2. The average Bonchev–Trinajstić information content (AvgIpc) is 3.12. The van der Waals surface area contributed by atoms with Gasteiger partial charge in [-0.15, -0.1) is 0 Å². The predicted octanol–water partition coefficient (Wildman–Crippen LogP) is 2.32. The van der Waals surface area contributed by atoms with Crippen molar-refractivity contribution in [3.8, 4) is 0 Å². The molecule has 2 fully saturated rings. The van der Waals surface area contributed by atoms with Crippen LogP contribution in [0.15, 0.2) is 30.3 Å². The van der Waals surface area contributed by atoms with Crippen molar-refractivity contribution in [2.75, 3.05) is 0 Å². The second-order valence-electron chi connectivity index (χ2n) is 4.62. The number of rotatable bonds is 2. The quantitative estimate of drug-likeness (QED) is 0.788. The van der Waals surface area contributed by atoms with E-state index in [0.29, 0.717) is 0 Å². The van der Waals surface area contributed by atoms with Gasteiger partial charge in [-0.2, -0.15) is 0 Å². The molecule has 0 aromatic heterocycles. The van der Waals surface area contributed by atoms with E-state index >= 15 is 0 Å². The number of alkyl halides is 1. The van der Waals surface area contributed by atoms with Gasteiger partial charge in [-0.1, -0.05) is 46.3 Å². The lowest BCUT2D eigenvalue weighted by Gasteiger charge is -2.16. The van der Waals surface area contributed by atoms with Gasteiger partial charge in [0, 0.05) is 12.0 Å². The zero-order valence-electron chi connectivity index (χ0n) is 9.58. The van der Waals surface area contributed by atoms with Crippen LogP contribution in [0.3, 0.4) is 0 Å². The third-order valence-corrected chi connectivity index (χ3v) is 4.46. The summed E-state index contributed by atoms with van der Waals surface area (Å²) in [5.41, 5.74) is 0.917. The monoisotopic (exact) mass is 309 g/mol. The summed E-state index contributed by atoms with van der Waals surface area (Å²) in [6.07, 6.45) is 0.362. The third kappa shape index (κ3) is 1.92. The molecule has 0 bridgehead atoms. The molecule has 1 aromatic rings. The number of piperidine rings is 1. The van der Waals surface area contributed by atoms with E-state index in [9.17, 15) is 9.59 Å². The number of benzene rings is 1. The Balaban J connectivity index is 1.61. The van der Waals surface area contributed by atoms with Crippen molar-refractivity contribution in [3.05, 3.63) is 35.9 Å². The summed E-state index contributed by atoms with van der Waals surface area (Å²) >= 11 is 3.32. The van der Waals surface area contributed by atoms with Crippen LogP contribution >= 0.6 is 15.9 Å². The molecule has 0 spiro atoms. The maximum absolute atomic E-state index is 11.9. The standard InChI is InChI=1S/C13H12BrNO3/c14-11-9-6-10(9)15(12(11)16)13(17)18-7-8-4-2-1-3-5-8/h1-5,9-11H,6-7H2. The van der Waals surface area contributed by atoms with E-state index < -0.39 is 6.09 Å². The number of hydrogen-bond acceptors (Lipinski definition) is 3. The smallest absolute Gasteiger partial charge is 0.417 e. The molecule has 1 aliphatic carbocycles. The molecule has 3 atom stereocenters. The highest BCUT2D eigenvalue weighted by molar-refractivity contribution is 9.10. The van der Waals surface area contributed by atoms with Gasteiger partial charge in [0.1, 0.15) is 6.61 Å². The average molecular weight is 310 g/mol. The van der Waals surface area contributed by atoms with Gasteiger partial charge in [0.15, 0.2) is 0 Å². The van der Waals surface area contributed by atoms with Crippen LogP contribution in [0.5, 0.6) is 0 Å². The van der Waals surface area contributed by atoms with Crippen LogP contribution in [-0.4, -0.2) is 27.8 Å². The molecule has 5 heteroatoms. The fourth-order valence-electron chi connectivity index (χ4n) is 2.31. The Morgan fingerprint density at radius 3 is 2.72 bits per heavy atom. The van der Waals surface area contributed by atoms with Crippen molar-refractivity contribution in [2.45, 2.75) is 23.9 Å². The number of hydrogen-bond donors (Lipinski definition) is 0. The van der Waals surface area contributed by atoms with Gasteiger partial charge in [-0.3, -0.25) is 4.79 Å². The number of likely N-dealkylation sites (tertiary alicyclic amines) is 1. The minimum Gasteiger partial charge on any atom is -0.444 e. The first kappa shape index (κ1) is 11.7. The molecule has 18 heavy (non-hydrogen) atoms. The Kier molecular flexibility index (Phi) is 2.86. The lowest BCUT2D eigenvalue weighted by Crippen LogP contribution is -2.37. The Labute approximate surface area is 113 Å². The molecule has 2 aliphatic rings. The van der Waals surface area contributed by atoms with Crippen LogP contribution in [0.25, 0.3) is 0 Å². The van der Waals surface area contributed by atoms with E-state index in [4.69, 9.17) is 4.74 Å². The largest absolute Gasteiger partial charge is 0.444 e. The Hall–Kier alpha value is -1.36. The van der Waals surface area contributed by atoms with Crippen molar-refractivity contribution in [1.29, 1.82) is 0 Å². The number of nitrogens with zero attached hydrogens (tertiary/aromatic N) is 1. The molecule has 0 radical (unpaired) electrons. The van der Waals surface area contributed by atoms with E-state index in [1.54, 1.807) is 0 Å². The topological polar surface area (TPSA) is 46.6 Å². The van der Waals surface area contributed by atoms with Crippen molar-refractivity contribution in [1.82, 2.24) is 4.90 Å². The van der Waals surface area contributed by atoms with Crippen LogP contribution in [0.4, 0.5) is 4.79 Å². The Morgan fingerprint density at radius 1 is 1.39 bits per heavy atom. The fourth-order valence-corrected chi connectivity index (χ4v) is 3.09. The van der Waals surface area contributed by atoms with Crippen molar-refractivity contribution in [3.63, 3.8) is 0 Å². The molecule has 0 N–H and O–H groups in total. The molecule has 2 amide bonds. The summed E-state index contributed by atoms with van der Waals surface area (Å²) in [4.78, 5) is 24.7. The molecule has 1 saturated heterocycles. The first-order valence-corrected chi connectivity index (χ1v) is 6.78. The molecule has 1 heterocycles. The minimum absolute atomic E-state index is 0.0464. The number of halogens is 1. The van der Waals surface area contributed by atoms with Crippen molar-refractivity contribution >= 4 is 27.9 Å². The van der Waals surface area contributed by atoms with Crippen molar-refractivity contribution < 1.29 is 14.3 Å². The van der Waals surface area contributed by atoms with E-state index in [0.717, 1.165) is 12.0 Å². The van der Waals surface area contributed by atoms with Gasteiger partial charge >= 0.3 is 6.09 Å². The van der Waals surface area contributed by atoms with Gasteiger partial charge in [-0.05, 0) is 12.0 Å². The maximum Gasteiger partial charge on any atom is 0.417 e. The van der Waals surface area contributed by atoms with Gasteiger partial charge in [0.25, 0.3) is 0 Å². The number of imide groups is 1. The Morgan fingerprint density at radius 2 is 2.11 bits per heavy atom. The van der Waals surface area contributed by atoms with E-state index in [-0.39, 0.29) is 29.3 Å². The fraction of sp³-hybridized carbons (Fsp3) is 0.385. The highest BCUT2D eigenvalue weighted by Gasteiger charge is 2.60. The molecular formula is C13H12BrNO3. The number of ether oxygens (including phenoxy) is 1. The first-order chi connectivity index (χ1) is 8.68. The lowest BCUT2D eigenvalue weighted by molar-refractivity contribution is -0.127. The van der Waals surface area contributed by atoms with Crippen LogP contribution in [0.1, 0.15) is 12.0 Å². The predicted molar refractivity (Wildman–Crippen MR) is 68.1 cm³/mol. The molecule has 3 rings (SSSR count). The molecule has 1 aromatic carbocycles. The minimum atomic E-state index is -0.529. The molecule has 94 valence electrons. The van der Waals surface area contributed by atoms with Gasteiger partial charge in [0.2, 0.25) is 5.91 Å². The summed E-state index contributed by atoms with van der Waals surface area (Å²) in [7, 11) is 0. The molecule has 1 saturated carbocycles. The van der Waals surface area contributed by atoms with E-state index in [2.05, 4.69) is 15.9 Å². The summed E-state index contributed by atoms with van der Waals surface area (Å²) in [6, 6.07) is 9.48. The van der Waals surface area contributed by atoms with Crippen LogP contribution < -0.4 is 0 Å². The molecule has 3 unspecified atom stereocenters. The zero-order chi connectivity index (χ0) is 12.7. The first-order valence-electron chi connectivity index (χ1n) is 5.86. The second-order valence-corrected chi connectivity index (χ2v) is 5.60. The summed E-state index contributed by atoms with van der Waals surface area (Å²) in [6.45, 7) is 0.202. The molecule has 4 nitrogen and oxygen atoms in total. The maximum atomic E-state index is 11.9. The van der Waals surface area contributed by atoms with Gasteiger partial charge < -0.3 is 4.74 Å². The Bertz CT molecular complexity index is 490. The summed E-state index contributed by atoms with van der Waals surface area (Å²) in [5.74, 6) is 0.107. The second kappa shape index (κ2) is 4.39. The normalized spacial score (nSPS) is 29.1. The highest BCUT2D eigenvalue weighted by atomic mass is 79.9. The third-order valence-electron chi connectivity index (χ3n) is 3.39. The molecule has 1 aliphatic heterocycles. The van der Waals surface area contributed by atoms with Gasteiger partial charge in [0.05, 0.1) is 4.83 Å². The van der Waals surface area contributed by atoms with Crippen LogP contribution in [0.2, 0.25) is 0 Å². The zero-order valence-corrected chi connectivity index (χ0v) is 11.2. The van der Waals surface area contributed by atoms with Crippen LogP contribution in [-0.2, 0) is 16.1 Å². The lowest BCUT2D eigenvalue weighted by atomic mass is 10.2. The number of fused-ring (bicyclic) bond motifs is 1. The number of carbonyl (C=O) groups excluding carboxylic acids is 2. The summed E-state index contributed by atoms with van der Waals surface area (Å²) in [5, 5.41) is 0.